The van der Waals surface area contributed by atoms with E-state index in [9.17, 15) is 0 Å². The van der Waals surface area contributed by atoms with Crippen LogP contribution < -0.4 is 5.32 Å². The monoisotopic (exact) mass is 224 g/mol. The highest BCUT2D eigenvalue weighted by Crippen LogP contribution is 2.31. The Morgan fingerprint density at radius 1 is 1.06 bits per heavy atom. The molecule has 1 aliphatic heterocycles. The molecule has 0 aromatic carbocycles. The predicted molar refractivity (Wildman–Crippen MR) is 69.7 cm³/mol. The third-order valence-corrected chi connectivity index (χ3v) is 4.44. The normalized spacial score (nSPS) is 33.6. The number of hydrogen-bond donors (Lipinski definition) is 1. The molecule has 1 saturated heterocycles. The smallest absolute Gasteiger partial charge is 0.0283 e. The minimum Gasteiger partial charge on any atom is -0.315 e. The van der Waals surface area contributed by atoms with Crippen LogP contribution in [-0.2, 0) is 0 Å². The van der Waals surface area contributed by atoms with E-state index >= 15 is 0 Å². The van der Waals surface area contributed by atoms with E-state index in [1.54, 1.807) is 0 Å². The summed E-state index contributed by atoms with van der Waals surface area (Å²) in [5.41, 5.74) is 0.331. The molecule has 2 rings (SSSR count). The first-order chi connectivity index (χ1) is 7.61. The fraction of sp³-hybridized carbons (Fsp3) is 1.00. The van der Waals surface area contributed by atoms with Gasteiger partial charge in [-0.2, -0.15) is 0 Å². The van der Waals surface area contributed by atoms with Gasteiger partial charge in [0, 0.05) is 24.2 Å². The molecule has 1 aliphatic carbocycles. The van der Waals surface area contributed by atoms with Crippen LogP contribution in [0.4, 0.5) is 0 Å². The van der Waals surface area contributed by atoms with Gasteiger partial charge in [-0.25, -0.2) is 0 Å². The summed E-state index contributed by atoms with van der Waals surface area (Å²) in [4.78, 5) is 2.83. The molecule has 0 aromatic rings. The maximum atomic E-state index is 3.60. The van der Waals surface area contributed by atoms with Crippen molar-refractivity contribution in [1.29, 1.82) is 0 Å². The summed E-state index contributed by atoms with van der Waals surface area (Å²) in [6, 6.07) is 1.59. The number of nitrogens with one attached hydrogen (secondary N) is 1. The van der Waals surface area contributed by atoms with E-state index in [0.717, 1.165) is 18.6 Å². The van der Waals surface area contributed by atoms with E-state index < -0.39 is 0 Å². The third-order valence-electron chi connectivity index (χ3n) is 4.44. The van der Waals surface area contributed by atoms with Crippen LogP contribution in [0, 0.1) is 0 Å². The summed E-state index contributed by atoms with van der Waals surface area (Å²) in [7, 11) is 0. The molecule has 0 spiro atoms. The molecule has 94 valence electrons. The minimum atomic E-state index is 0.331. The first-order valence-corrected chi connectivity index (χ1v) is 7.10. The van der Waals surface area contributed by atoms with Crippen molar-refractivity contribution in [2.24, 2.45) is 0 Å². The molecule has 1 atom stereocenters. The lowest BCUT2D eigenvalue weighted by Crippen LogP contribution is -2.56. The minimum absolute atomic E-state index is 0.331. The van der Waals surface area contributed by atoms with E-state index in [0.29, 0.717) is 5.54 Å². The lowest BCUT2D eigenvalue weighted by molar-refractivity contribution is 0.0225. The Kier molecular flexibility index (Phi) is 3.91. The average Bonchev–Trinajstić information content (AvgIpc) is 2.38. The molecule has 2 aliphatic rings. The zero-order valence-corrected chi connectivity index (χ0v) is 11.3. The van der Waals surface area contributed by atoms with Crippen molar-refractivity contribution in [3.8, 4) is 0 Å². The Morgan fingerprint density at radius 3 is 2.44 bits per heavy atom. The van der Waals surface area contributed by atoms with Gasteiger partial charge in [0.05, 0.1) is 0 Å². The van der Waals surface area contributed by atoms with E-state index in [-0.39, 0.29) is 0 Å². The maximum Gasteiger partial charge on any atom is 0.0283 e. The summed E-state index contributed by atoms with van der Waals surface area (Å²) in [6.07, 6.45) is 8.49. The molecule has 0 bridgehead atoms. The Morgan fingerprint density at radius 2 is 1.75 bits per heavy atom. The van der Waals surface area contributed by atoms with Gasteiger partial charge in [-0.3, -0.25) is 4.90 Å². The molecule has 2 nitrogen and oxygen atoms in total. The van der Waals surface area contributed by atoms with Gasteiger partial charge in [-0.15, -0.1) is 0 Å². The largest absolute Gasteiger partial charge is 0.315 e. The summed E-state index contributed by atoms with van der Waals surface area (Å²) >= 11 is 0. The van der Waals surface area contributed by atoms with Crippen LogP contribution in [0.5, 0.6) is 0 Å². The van der Waals surface area contributed by atoms with Gasteiger partial charge in [-0.05, 0) is 46.6 Å². The molecule has 1 heterocycles. The second-order valence-corrected chi connectivity index (χ2v) is 6.33. The SMILES string of the molecule is CC1CCNCC(C)(C)N1C1CCCCC1. The van der Waals surface area contributed by atoms with Crippen LogP contribution in [0.1, 0.15) is 59.3 Å². The first kappa shape index (κ1) is 12.4. The van der Waals surface area contributed by atoms with Gasteiger partial charge in [0.25, 0.3) is 0 Å². The predicted octanol–water partition coefficient (Wildman–Crippen LogP) is 2.78. The van der Waals surface area contributed by atoms with E-state index in [2.05, 4.69) is 31.0 Å². The van der Waals surface area contributed by atoms with Crippen LogP contribution in [0.2, 0.25) is 0 Å². The number of rotatable bonds is 1. The van der Waals surface area contributed by atoms with Gasteiger partial charge in [0.15, 0.2) is 0 Å². The molecular weight excluding hydrogens is 196 g/mol. The zero-order valence-electron chi connectivity index (χ0n) is 11.3. The van der Waals surface area contributed by atoms with Crippen molar-refractivity contribution < 1.29 is 0 Å². The quantitative estimate of drug-likeness (QED) is 0.737. The Bertz CT molecular complexity index is 219. The number of hydrogen-bond acceptors (Lipinski definition) is 2. The molecule has 0 radical (unpaired) electrons. The molecule has 2 heteroatoms. The zero-order chi connectivity index (χ0) is 11.6. The summed E-state index contributed by atoms with van der Waals surface area (Å²) in [6.45, 7) is 9.58. The fourth-order valence-electron chi connectivity index (χ4n) is 3.75. The van der Waals surface area contributed by atoms with Gasteiger partial charge in [0.1, 0.15) is 0 Å². The van der Waals surface area contributed by atoms with Gasteiger partial charge in [0.2, 0.25) is 0 Å². The van der Waals surface area contributed by atoms with Crippen LogP contribution in [0.15, 0.2) is 0 Å². The fourth-order valence-corrected chi connectivity index (χ4v) is 3.75. The second kappa shape index (κ2) is 5.05. The maximum absolute atomic E-state index is 3.60. The van der Waals surface area contributed by atoms with Crippen LogP contribution in [-0.4, -0.2) is 35.6 Å². The molecular formula is C14H28N2. The van der Waals surface area contributed by atoms with Crippen LogP contribution >= 0.6 is 0 Å². The Labute approximate surface area is 101 Å². The van der Waals surface area contributed by atoms with Crippen LogP contribution in [0.25, 0.3) is 0 Å². The highest BCUT2D eigenvalue weighted by molar-refractivity contribution is 4.94. The molecule has 1 saturated carbocycles. The Balaban J connectivity index is 2.11. The third kappa shape index (κ3) is 2.60. The highest BCUT2D eigenvalue weighted by Gasteiger charge is 2.37. The van der Waals surface area contributed by atoms with Gasteiger partial charge < -0.3 is 5.32 Å². The lowest BCUT2D eigenvalue weighted by Gasteiger charge is -2.47. The Hall–Kier alpha value is -0.0800. The van der Waals surface area contributed by atoms with Crippen LogP contribution in [0.3, 0.4) is 0 Å². The molecule has 1 N–H and O–H groups in total. The molecule has 16 heavy (non-hydrogen) atoms. The molecule has 2 fully saturated rings. The highest BCUT2D eigenvalue weighted by atomic mass is 15.3. The van der Waals surface area contributed by atoms with Gasteiger partial charge in [-0.1, -0.05) is 19.3 Å². The van der Waals surface area contributed by atoms with Crippen molar-refractivity contribution in [3.05, 3.63) is 0 Å². The summed E-state index contributed by atoms with van der Waals surface area (Å²) < 4.78 is 0. The van der Waals surface area contributed by atoms with E-state index in [4.69, 9.17) is 0 Å². The summed E-state index contributed by atoms with van der Waals surface area (Å²) in [5, 5.41) is 3.60. The van der Waals surface area contributed by atoms with Crippen molar-refractivity contribution in [1.82, 2.24) is 10.2 Å². The topological polar surface area (TPSA) is 15.3 Å². The molecule has 0 amide bonds. The van der Waals surface area contributed by atoms with Crippen molar-refractivity contribution in [2.45, 2.75) is 76.9 Å². The summed E-state index contributed by atoms with van der Waals surface area (Å²) in [5.74, 6) is 0. The first-order valence-electron chi connectivity index (χ1n) is 7.10. The number of nitrogens with zero attached hydrogens (tertiary/aromatic N) is 1. The van der Waals surface area contributed by atoms with Crippen molar-refractivity contribution in [2.75, 3.05) is 13.1 Å². The molecule has 0 aromatic heterocycles. The van der Waals surface area contributed by atoms with Crippen molar-refractivity contribution in [3.63, 3.8) is 0 Å². The standard InChI is InChI=1S/C14H28N2/c1-12-9-10-15-11-14(2,3)16(12)13-7-5-4-6-8-13/h12-13,15H,4-11H2,1-3H3. The lowest BCUT2D eigenvalue weighted by atomic mass is 9.88. The van der Waals surface area contributed by atoms with E-state index in [1.807, 2.05) is 0 Å². The molecule has 1 unspecified atom stereocenters. The van der Waals surface area contributed by atoms with Crippen molar-refractivity contribution >= 4 is 0 Å². The second-order valence-electron chi connectivity index (χ2n) is 6.33. The average molecular weight is 224 g/mol. The van der Waals surface area contributed by atoms with Gasteiger partial charge >= 0.3 is 0 Å². The van der Waals surface area contributed by atoms with E-state index in [1.165, 1.54) is 45.1 Å².